The summed E-state index contributed by atoms with van der Waals surface area (Å²) in [6.45, 7) is 16.8. The van der Waals surface area contributed by atoms with Crippen LogP contribution < -0.4 is 10.6 Å². The molecule has 0 unspecified atom stereocenters. The first-order valence-corrected chi connectivity index (χ1v) is 11.1. The fourth-order valence-electron chi connectivity index (χ4n) is 3.32. The molecule has 1 fully saturated rings. The second kappa shape index (κ2) is 12.0. The Morgan fingerprint density at radius 2 is 1.80 bits per heavy atom. The van der Waals surface area contributed by atoms with E-state index in [1.54, 1.807) is 0 Å². The van der Waals surface area contributed by atoms with Crippen molar-refractivity contribution in [3.8, 4) is 0 Å². The molecule has 0 bridgehead atoms. The normalized spacial score (nSPS) is 18.2. The number of nitrogens with zero attached hydrogens (tertiary/aromatic N) is 2. The maximum absolute atomic E-state index is 5.52. The molecule has 0 radical (unpaired) electrons. The van der Waals surface area contributed by atoms with E-state index in [-0.39, 0.29) is 4.75 Å². The van der Waals surface area contributed by atoms with Crippen molar-refractivity contribution in [1.29, 1.82) is 0 Å². The lowest BCUT2D eigenvalue weighted by Gasteiger charge is -2.34. The Morgan fingerprint density at radius 3 is 2.32 bits per heavy atom. The molecule has 25 heavy (non-hydrogen) atoms. The van der Waals surface area contributed by atoms with Gasteiger partial charge in [-0.25, -0.2) is 0 Å². The lowest BCUT2D eigenvalue weighted by molar-refractivity contribution is 0.0794. The number of ether oxygens (including phenoxy) is 1. The van der Waals surface area contributed by atoms with E-state index in [2.05, 4.69) is 56.4 Å². The highest BCUT2D eigenvalue weighted by molar-refractivity contribution is 8.00. The minimum absolute atomic E-state index is 0.243. The first kappa shape index (κ1) is 22.6. The van der Waals surface area contributed by atoms with E-state index >= 15 is 0 Å². The standard InChI is InChI=1S/C19H40N4OS/c1-7-20-18(21-11-8-12-23(16(2)3)17(4)5)22-15-19(25-6)9-13-24-14-10-19/h16-17H,7-15H2,1-6H3,(H2,20,21,22). The molecule has 0 spiro atoms. The molecule has 1 aliphatic rings. The minimum atomic E-state index is 0.243. The molecule has 1 heterocycles. The predicted molar refractivity (Wildman–Crippen MR) is 112 cm³/mol. The van der Waals surface area contributed by atoms with E-state index < -0.39 is 0 Å². The molecule has 0 aromatic rings. The van der Waals surface area contributed by atoms with E-state index in [4.69, 9.17) is 9.73 Å². The molecule has 2 N–H and O–H groups in total. The molecule has 148 valence electrons. The zero-order chi connectivity index (χ0) is 18.7. The lowest BCUT2D eigenvalue weighted by Crippen LogP contribution is -2.42. The third-order valence-corrected chi connectivity index (χ3v) is 6.32. The average Bonchev–Trinajstić information content (AvgIpc) is 2.59. The van der Waals surface area contributed by atoms with Crippen molar-refractivity contribution in [3.63, 3.8) is 0 Å². The van der Waals surface area contributed by atoms with Crippen LogP contribution >= 0.6 is 11.8 Å². The number of aliphatic imine (C=N–C) groups is 1. The summed E-state index contributed by atoms with van der Waals surface area (Å²) in [6, 6.07) is 1.19. The summed E-state index contributed by atoms with van der Waals surface area (Å²) in [5.74, 6) is 0.947. The molecule has 0 aromatic carbocycles. The van der Waals surface area contributed by atoms with E-state index in [1.807, 2.05) is 11.8 Å². The number of hydrogen-bond acceptors (Lipinski definition) is 4. The van der Waals surface area contributed by atoms with Crippen molar-refractivity contribution < 1.29 is 4.74 Å². The molecule has 0 saturated carbocycles. The average molecular weight is 373 g/mol. The molecule has 0 atom stereocenters. The van der Waals surface area contributed by atoms with Crippen molar-refractivity contribution in [1.82, 2.24) is 15.5 Å². The quantitative estimate of drug-likeness (QED) is 0.351. The van der Waals surface area contributed by atoms with Crippen LogP contribution in [0.4, 0.5) is 0 Å². The number of guanidine groups is 1. The van der Waals surface area contributed by atoms with Crippen molar-refractivity contribution in [2.45, 2.75) is 70.7 Å². The van der Waals surface area contributed by atoms with Gasteiger partial charge in [-0.2, -0.15) is 11.8 Å². The molecular weight excluding hydrogens is 332 g/mol. The minimum Gasteiger partial charge on any atom is -0.381 e. The lowest BCUT2D eigenvalue weighted by atomic mass is 9.99. The highest BCUT2D eigenvalue weighted by atomic mass is 32.2. The van der Waals surface area contributed by atoms with Gasteiger partial charge in [-0.05, 0) is 60.1 Å². The van der Waals surface area contributed by atoms with Crippen LogP contribution in [-0.4, -0.2) is 73.3 Å². The second-order valence-corrected chi connectivity index (χ2v) is 8.67. The Labute approximate surface area is 159 Å². The van der Waals surface area contributed by atoms with Gasteiger partial charge in [-0.15, -0.1) is 0 Å². The molecular formula is C19H40N4OS. The van der Waals surface area contributed by atoms with E-state index in [1.165, 1.54) is 0 Å². The van der Waals surface area contributed by atoms with Crippen LogP contribution in [0, 0.1) is 0 Å². The summed E-state index contributed by atoms with van der Waals surface area (Å²) in [7, 11) is 0. The zero-order valence-corrected chi connectivity index (χ0v) is 18.0. The van der Waals surface area contributed by atoms with Crippen LogP contribution in [0.1, 0.15) is 53.9 Å². The molecule has 0 aromatic heterocycles. The topological polar surface area (TPSA) is 48.9 Å². The van der Waals surface area contributed by atoms with Gasteiger partial charge in [0.05, 0.1) is 6.54 Å². The number of thioether (sulfide) groups is 1. The maximum Gasteiger partial charge on any atom is 0.191 e. The maximum atomic E-state index is 5.52. The molecule has 0 aliphatic carbocycles. The Hall–Kier alpha value is -0.460. The van der Waals surface area contributed by atoms with Gasteiger partial charge in [-0.1, -0.05) is 0 Å². The largest absolute Gasteiger partial charge is 0.381 e. The summed E-state index contributed by atoms with van der Waals surface area (Å²) in [6.07, 6.45) is 5.51. The van der Waals surface area contributed by atoms with Gasteiger partial charge in [0.2, 0.25) is 0 Å². The van der Waals surface area contributed by atoms with Crippen LogP contribution in [0.15, 0.2) is 4.99 Å². The molecule has 1 saturated heterocycles. The van der Waals surface area contributed by atoms with Gasteiger partial charge >= 0.3 is 0 Å². The van der Waals surface area contributed by atoms with Gasteiger partial charge < -0.3 is 15.4 Å². The van der Waals surface area contributed by atoms with Crippen LogP contribution in [0.5, 0.6) is 0 Å². The monoisotopic (exact) mass is 372 g/mol. The zero-order valence-electron chi connectivity index (χ0n) is 17.2. The third kappa shape index (κ3) is 8.18. The van der Waals surface area contributed by atoms with Crippen molar-refractivity contribution >= 4 is 17.7 Å². The Bertz CT molecular complexity index is 374. The molecule has 1 rings (SSSR count). The van der Waals surface area contributed by atoms with Crippen LogP contribution in [-0.2, 0) is 4.74 Å². The number of hydrogen-bond donors (Lipinski definition) is 2. The highest BCUT2D eigenvalue weighted by Crippen LogP contribution is 2.33. The van der Waals surface area contributed by atoms with Crippen LogP contribution in [0.25, 0.3) is 0 Å². The summed E-state index contributed by atoms with van der Waals surface area (Å²) in [5, 5.41) is 6.89. The first-order valence-electron chi connectivity index (χ1n) is 9.85. The molecule has 0 amide bonds. The second-order valence-electron chi connectivity index (χ2n) is 7.40. The number of nitrogens with one attached hydrogen (secondary N) is 2. The van der Waals surface area contributed by atoms with Gasteiger partial charge in [0.1, 0.15) is 0 Å². The van der Waals surface area contributed by atoms with Crippen molar-refractivity contribution in [2.24, 2.45) is 4.99 Å². The number of rotatable bonds is 10. The summed E-state index contributed by atoms with van der Waals surface area (Å²) in [4.78, 5) is 7.41. The van der Waals surface area contributed by atoms with E-state index in [9.17, 15) is 0 Å². The molecule has 6 heteroatoms. The molecule has 1 aliphatic heterocycles. The Kier molecular flexibility index (Phi) is 10.9. The highest BCUT2D eigenvalue weighted by Gasteiger charge is 2.31. The SMILES string of the molecule is CCNC(=NCC1(SC)CCOCC1)NCCCN(C(C)C)C(C)C. The van der Waals surface area contributed by atoms with Gasteiger partial charge in [0.25, 0.3) is 0 Å². The predicted octanol–water partition coefficient (Wildman–Crippen LogP) is 2.96. The van der Waals surface area contributed by atoms with Crippen molar-refractivity contribution in [3.05, 3.63) is 0 Å². The van der Waals surface area contributed by atoms with Crippen LogP contribution in [0.3, 0.4) is 0 Å². The van der Waals surface area contributed by atoms with E-state index in [0.29, 0.717) is 12.1 Å². The summed E-state index contributed by atoms with van der Waals surface area (Å²) < 4.78 is 5.77. The Morgan fingerprint density at radius 1 is 1.16 bits per heavy atom. The first-order chi connectivity index (χ1) is 11.9. The third-order valence-electron chi connectivity index (χ3n) is 4.92. The molecule has 5 nitrogen and oxygen atoms in total. The smallest absolute Gasteiger partial charge is 0.191 e. The van der Waals surface area contributed by atoms with Gasteiger partial charge in [0.15, 0.2) is 5.96 Å². The van der Waals surface area contributed by atoms with Crippen LogP contribution in [0.2, 0.25) is 0 Å². The fraction of sp³-hybridized carbons (Fsp3) is 0.947. The van der Waals surface area contributed by atoms with Gasteiger partial charge in [0, 0.05) is 49.7 Å². The Balaban J connectivity index is 2.47. The summed E-state index contributed by atoms with van der Waals surface area (Å²) in [5.41, 5.74) is 0. The van der Waals surface area contributed by atoms with Gasteiger partial charge in [-0.3, -0.25) is 9.89 Å². The van der Waals surface area contributed by atoms with E-state index in [0.717, 1.165) is 64.6 Å². The fourth-order valence-corrected chi connectivity index (χ4v) is 4.08. The van der Waals surface area contributed by atoms with Crippen molar-refractivity contribution in [2.75, 3.05) is 45.6 Å². The summed E-state index contributed by atoms with van der Waals surface area (Å²) >= 11 is 1.94.